The minimum Gasteiger partial charge on any atom is -0.480 e. The first-order valence-electron chi connectivity index (χ1n) is 8.06. The number of carbonyl (C=O) groups is 1. The fraction of sp³-hybridized carbons (Fsp3) is 0.938. The van der Waals surface area contributed by atoms with E-state index in [2.05, 4.69) is 12.2 Å². The SMILES string of the molecule is CC1CCC(OCC(NC(C)C)(C(=O)O)C2CC2)CC1. The van der Waals surface area contributed by atoms with Crippen LogP contribution in [0.1, 0.15) is 59.3 Å². The Morgan fingerprint density at radius 2 is 1.85 bits per heavy atom. The smallest absolute Gasteiger partial charge is 0.326 e. The van der Waals surface area contributed by atoms with Gasteiger partial charge >= 0.3 is 5.97 Å². The molecule has 1 unspecified atom stereocenters. The second kappa shape index (κ2) is 6.44. The summed E-state index contributed by atoms with van der Waals surface area (Å²) in [5.41, 5.74) is -0.878. The van der Waals surface area contributed by atoms with Crippen LogP contribution in [-0.2, 0) is 9.53 Å². The fourth-order valence-corrected chi connectivity index (χ4v) is 3.31. The molecule has 20 heavy (non-hydrogen) atoms. The highest BCUT2D eigenvalue weighted by Crippen LogP contribution is 2.41. The Morgan fingerprint density at radius 3 is 2.30 bits per heavy atom. The number of hydrogen-bond acceptors (Lipinski definition) is 3. The van der Waals surface area contributed by atoms with Gasteiger partial charge in [0.1, 0.15) is 5.54 Å². The monoisotopic (exact) mass is 283 g/mol. The molecule has 4 heteroatoms. The van der Waals surface area contributed by atoms with E-state index in [-0.39, 0.29) is 18.1 Å². The zero-order valence-corrected chi connectivity index (χ0v) is 13.0. The molecule has 2 N–H and O–H groups in total. The van der Waals surface area contributed by atoms with Crippen molar-refractivity contribution in [3.8, 4) is 0 Å². The molecule has 0 bridgehead atoms. The third-order valence-electron chi connectivity index (χ3n) is 4.71. The first-order chi connectivity index (χ1) is 9.44. The van der Waals surface area contributed by atoms with Crippen LogP contribution in [0.3, 0.4) is 0 Å². The zero-order valence-electron chi connectivity index (χ0n) is 13.0. The summed E-state index contributed by atoms with van der Waals surface area (Å²) in [4.78, 5) is 11.8. The van der Waals surface area contributed by atoms with Gasteiger partial charge in [-0.25, -0.2) is 0 Å². The van der Waals surface area contributed by atoms with Crippen molar-refractivity contribution in [2.24, 2.45) is 11.8 Å². The molecular weight excluding hydrogens is 254 g/mol. The van der Waals surface area contributed by atoms with Gasteiger partial charge in [0.15, 0.2) is 0 Å². The number of aliphatic carboxylic acids is 1. The highest BCUT2D eigenvalue weighted by atomic mass is 16.5. The molecular formula is C16H29NO3. The van der Waals surface area contributed by atoms with Gasteiger partial charge in [0.25, 0.3) is 0 Å². The molecule has 0 saturated heterocycles. The van der Waals surface area contributed by atoms with Gasteiger partial charge in [0.05, 0.1) is 12.7 Å². The number of carboxylic acids is 1. The number of carboxylic acid groups (broad SMARTS) is 1. The van der Waals surface area contributed by atoms with Gasteiger partial charge < -0.3 is 9.84 Å². The van der Waals surface area contributed by atoms with E-state index in [9.17, 15) is 9.90 Å². The Hall–Kier alpha value is -0.610. The molecule has 0 aromatic carbocycles. The van der Waals surface area contributed by atoms with Gasteiger partial charge in [0, 0.05) is 6.04 Å². The summed E-state index contributed by atoms with van der Waals surface area (Å²) in [6.07, 6.45) is 6.79. The molecule has 0 aromatic rings. The van der Waals surface area contributed by atoms with Crippen LogP contribution < -0.4 is 5.32 Å². The van der Waals surface area contributed by atoms with Crippen molar-refractivity contribution in [3.05, 3.63) is 0 Å². The molecule has 4 nitrogen and oxygen atoms in total. The summed E-state index contributed by atoms with van der Waals surface area (Å²) < 4.78 is 6.02. The van der Waals surface area contributed by atoms with Crippen LogP contribution in [-0.4, -0.2) is 35.4 Å². The normalized spacial score (nSPS) is 30.2. The van der Waals surface area contributed by atoms with E-state index in [1.54, 1.807) is 0 Å². The van der Waals surface area contributed by atoms with Gasteiger partial charge in [-0.2, -0.15) is 0 Å². The summed E-state index contributed by atoms with van der Waals surface area (Å²) in [6, 6.07) is 0.154. The lowest BCUT2D eigenvalue weighted by molar-refractivity contribution is -0.151. The summed E-state index contributed by atoms with van der Waals surface area (Å²) in [6.45, 7) is 6.59. The van der Waals surface area contributed by atoms with Crippen LogP contribution in [0.25, 0.3) is 0 Å². The zero-order chi connectivity index (χ0) is 14.8. The predicted molar refractivity (Wildman–Crippen MR) is 78.7 cm³/mol. The number of hydrogen-bond donors (Lipinski definition) is 2. The van der Waals surface area contributed by atoms with Crippen molar-refractivity contribution in [1.29, 1.82) is 0 Å². The predicted octanol–water partition coefficient (Wildman–Crippen LogP) is 2.81. The van der Waals surface area contributed by atoms with Crippen LogP contribution in [0.15, 0.2) is 0 Å². The van der Waals surface area contributed by atoms with Gasteiger partial charge in [-0.15, -0.1) is 0 Å². The molecule has 0 aliphatic heterocycles. The molecule has 0 radical (unpaired) electrons. The van der Waals surface area contributed by atoms with Crippen molar-refractivity contribution >= 4 is 5.97 Å². The molecule has 2 rings (SSSR count). The third kappa shape index (κ3) is 3.73. The number of nitrogens with one attached hydrogen (secondary N) is 1. The molecule has 0 heterocycles. The largest absolute Gasteiger partial charge is 0.480 e. The van der Waals surface area contributed by atoms with E-state index < -0.39 is 11.5 Å². The lowest BCUT2D eigenvalue weighted by Crippen LogP contribution is -2.60. The Kier molecular flexibility index (Phi) is 5.08. The van der Waals surface area contributed by atoms with Crippen LogP contribution in [0, 0.1) is 11.8 Å². The van der Waals surface area contributed by atoms with Crippen LogP contribution >= 0.6 is 0 Å². The Bertz CT molecular complexity index is 333. The number of rotatable bonds is 7. The van der Waals surface area contributed by atoms with E-state index in [1.165, 1.54) is 12.8 Å². The van der Waals surface area contributed by atoms with Crippen molar-refractivity contribution in [2.45, 2.75) is 77.0 Å². The van der Waals surface area contributed by atoms with Crippen molar-refractivity contribution < 1.29 is 14.6 Å². The maximum absolute atomic E-state index is 11.8. The van der Waals surface area contributed by atoms with Gasteiger partial charge in [-0.05, 0) is 64.2 Å². The molecule has 2 saturated carbocycles. The fourth-order valence-electron chi connectivity index (χ4n) is 3.31. The van der Waals surface area contributed by atoms with Crippen molar-refractivity contribution in [2.75, 3.05) is 6.61 Å². The summed E-state index contributed by atoms with van der Waals surface area (Å²) in [5, 5.41) is 13.0. The van der Waals surface area contributed by atoms with Crippen LogP contribution in [0.2, 0.25) is 0 Å². The van der Waals surface area contributed by atoms with E-state index in [1.807, 2.05) is 13.8 Å². The molecule has 2 aliphatic carbocycles. The average Bonchev–Trinajstić information content (AvgIpc) is 3.20. The maximum Gasteiger partial charge on any atom is 0.326 e. The Labute approximate surface area is 122 Å². The summed E-state index contributed by atoms with van der Waals surface area (Å²) in [7, 11) is 0. The summed E-state index contributed by atoms with van der Waals surface area (Å²) in [5.74, 6) is 0.263. The van der Waals surface area contributed by atoms with Crippen LogP contribution in [0.5, 0.6) is 0 Å². The number of ether oxygens (including phenoxy) is 1. The molecule has 2 aliphatic rings. The van der Waals surface area contributed by atoms with Crippen molar-refractivity contribution in [1.82, 2.24) is 5.32 Å². The van der Waals surface area contributed by atoms with Crippen LogP contribution in [0.4, 0.5) is 0 Å². The molecule has 2 fully saturated rings. The second-order valence-corrected chi connectivity index (χ2v) is 7.04. The lowest BCUT2D eigenvalue weighted by Gasteiger charge is -2.35. The highest BCUT2D eigenvalue weighted by Gasteiger charge is 2.52. The van der Waals surface area contributed by atoms with E-state index in [4.69, 9.17) is 4.74 Å². The van der Waals surface area contributed by atoms with Gasteiger partial charge in [-0.1, -0.05) is 6.92 Å². The molecule has 0 aromatic heterocycles. The van der Waals surface area contributed by atoms with E-state index in [0.717, 1.165) is 31.6 Å². The first kappa shape index (κ1) is 15.8. The quantitative estimate of drug-likeness (QED) is 0.754. The molecule has 0 amide bonds. The maximum atomic E-state index is 11.8. The average molecular weight is 283 g/mol. The molecule has 116 valence electrons. The minimum absolute atomic E-state index is 0.154. The van der Waals surface area contributed by atoms with Gasteiger partial charge in [-0.3, -0.25) is 10.1 Å². The molecule has 0 spiro atoms. The van der Waals surface area contributed by atoms with Crippen molar-refractivity contribution in [3.63, 3.8) is 0 Å². The second-order valence-electron chi connectivity index (χ2n) is 7.04. The lowest BCUT2D eigenvalue weighted by atomic mass is 9.88. The van der Waals surface area contributed by atoms with E-state index >= 15 is 0 Å². The molecule has 1 atom stereocenters. The van der Waals surface area contributed by atoms with E-state index in [0.29, 0.717) is 6.61 Å². The third-order valence-corrected chi connectivity index (χ3v) is 4.71. The summed E-state index contributed by atoms with van der Waals surface area (Å²) >= 11 is 0. The first-order valence-corrected chi connectivity index (χ1v) is 8.06. The topological polar surface area (TPSA) is 58.6 Å². The Morgan fingerprint density at radius 1 is 1.25 bits per heavy atom. The highest BCUT2D eigenvalue weighted by molar-refractivity contribution is 5.80. The minimum atomic E-state index is -0.878. The standard InChI is InChI=1S/C16H29NO3/c1-11(2)17-16(15(18)19,13-6-7-13)10-20-14-8-4-12(3)5-9-14/h11-14,17H,4-10H2,1-3H3,(H,18,19). The Balaban J connectivity index is 1.95. The van der Waals surface area contributed by atoms with Gasteiger partial charge in [0.2, 0.25) is 0 Å².